The highest BCUT2D eigenvalue weighted by atomic mass is 16.6. The van der Waals surface area contributed by atoms with Gasteiger partial charge in [0, 0.05) is 19.5 Å². The number of amides is 1. The Bertz CT molecular complexity index is 439. The average Bonchev–Trinajstić information content (AvgIpc) is 2.86. The molecule has 2 rings (SSSR count). The van der Waals surface area contributed by atoms with E-state index in [1.807, 2.05) is 30.3 Å². The molecule has 94 valence electrons. The number of ether oxygens (including phenoxy) is 1. The lowest BCUT2D eigenvalue weighted by molar-refractivity contribution is 0.103. The van der Waals surface area contributed by atoms with E-state index in [4.69, 9.17) is 10.00 Å². The van der Waals surface area contributed by atoms with Crippen molar-refractivity contribution in [1.82, 2.24) is 4.90 Å². The number of carbonyl (C=O) groups is 1. The Kier molecular flexibility index (Phi) is 4.19. The average molecular weight is 244 g/mol. The molecule has 18 heavy (non-hydrogen) atoms. The molecule has 1 fully saturated rings. The first-order valence-corrected chi connectivity index (χ1v) is 6.12. The molecule has 1 aromatic rings. The molecule has 0 N–H and O–H groups in total. The van der Waals surface area contributed by atoms with E-state index in [1.165, 1.54) is 0 Å². The molecule has 0 aliphatic carbocycles. The minimum absolute atomic E-state index is 0.278. The maximum atomic E-state index is 11.8. The van der Waals surface area contributed by atoms with E-state index in [0.29, 0.717) is 32.0 Å². The van der Waals surface area contributed by atoms with Crippen LogP contribution in [0.15, 0.2) is 30.3 Å². The highest BCUT2D eigenvalue weighted by molar-refractivity contribution is 5.68. The van der Waals surface area contributed by atoms with Gasteiger partial charge in [0.1, 0.15) is 6.61 Å². The summed E-state index contributed by atoms with van der Waals surface area (Å²) in [5, 5.41) is 8.62. The molecular formula is C14H16N2O2. The van der Waals surface area contributed by atoms with Crippen molar-refractivity contribution in [3.8, 4) is 6.07 Å². The summed E-state index contributed by atoms with van der Waals surface area (Å²) in [7, 11) is 0. The smallest absolute Gasteiger partial charge is 0.410 e. The Balaban J connectivity index is 1.78. The lowest BCUT2D eigenvalue weighted by atomic mass is 10.1. The van der Waals surface area contributed by atoms with Gasteiger partial charge in [0.05, 0.1) is 6.07 Å². The normalized spacial score (nSPS) is 18.4. The summed E-state index contributed by atoms with van der Waals surface area (Å²) in [5.74, 6) is 0.305. The summed E-state index contributed by atoms with van der Waals surface area (Å²) < 4.78 is 5.24. The van der Waals surface area contributed by atoms with Crippen LogP contribution in [0.25, 0.3) is 0 Å². The van der Waals surface area contributed by atoms with Crippen LogP contribution in [-0.2, 0) is 11.3 Å². The molecular weight excluding hydrogens is 228 g/mol. The van der Waals surface area contributed by atoms with Crippen LogP contribution in [0.2, 0.25) is 0 Å². The number of carbonyl (C=O) groups excluding carboxylic acids is 1. The molecule has 1 saturated heterocycles. The molecule has 4 heteroatoms. The summed E-state index contributed by atoms with van der Waals surface area (Å²) >= 11 is 0. The van der Waals surface area contributed by atoms with E-state index in [9.17, 15) is 4.79 Å². The number of likely N-dealkylation sites (tertiary alicyclic amines) is 1. The maximum Gasteiger partial charge on any atom is 0.410 e. The molecule has 1 unspecified atom stereocenters. The Morgan fingerprint density at radius 2 is 2.22 bits per heavy atom. The summed E-state index contributed by atoms with van der Waals surface area (Å²) in [6, 6.07) is 11.8. The maximum absolute atomic E-state index is 11.8. The summed E-state index contributed by atoms with van der Waals surface area (Å²) in [6.07, 6.45) is 1.13. The highest BCUT2D eigenvalue weighted by Gasteiger charge is 2.26. The first-order valence-electron chi connectivity index (χ1n) is 6.12. The van der Waals surface area contributed by atoms with Crippen LogP contribution in [0, 0.1) is 17.2 Å². The molecule has 1 heterocycles. The van der Waals surface area contributed by atoms with Gasteiger partial charge in [-0.2, -0.15) is 5.26 Å². The first kappa shape index (κ1) is 12.4. The molecule has 4 nitrogen and oxygen atoms in total. The van der Waals surface area contributed by atoms with Gasteiger partial charge in [0.25, 0.3) is 0 Å². The monoisotopic (exact) mass is 244 g/mol. The van der Waals surface area contributed by atoms with E-state index in [1.54, 1.807) is 4.90 Å². The fourth-order valence-electron chi connectivity index (χ4n) is 2.10. The third-order valence-electron chi connectivity index (χ3n) is 3.13. The molecule has 1 aromatic carbocycles. The highest BCUT2D eigenvalue weighted by Crippen LogP contribution is 2.19. The minimum Gasteiger partial charge on any atom is -0.445 e. The van der Waals surface area contributed by atoms with Gasteiger partial charge < -0.3 is 9.64 Å². The SMILES string of the molecule is N#CCC1CCN(C(=O)OCc2ccccc2)C1. The van der Waals surface area contributed by atoms with E-state index in [-0.39, 0.29) is 6.09 Å². The molecule has 0 aromatic heterocycles. The van der Waals surface area contributed by atoms with Crippen LogP contribution in [0.3, 0.4) is 0 Å². The van der Waals surface area contributed by atoms with Crippen molar-refractivity contribution in [2.45, 2.75) is 19.4 Å². The van der Waals surface area contributed by atoms with Gasteiger partial charge in [-0.25, -0.2) is 4.79 Å². The van der Waals surface area contributed by atoms with E-state index >= 15 is 0 Å². The van der Waals surface area contributed by atoms with Crippen molar-refractivity contribution in [1.29, 1.82) is 5.26 Å². The molecule has 1 aliphatic heterocycles. The fourth-order valence-corrected chi connectivity index (χ4v) is 2.10. The van der Waals surface area contributed by atoms with Crippen molar-refractivity contribution in [2.24, 2.45) is 5.92 Å². The standard InChI is InChI=1S/C14H16N2O2/c15-8-6-12-7-9-16(10-12)14(17)18-11-13-4-2-1-3-5-13/h1-5,12H,6-7,9-11H2. The number of nitrogens with zero attached hydrogens (tertiary/aromatic N) is 2. The van der Waals surface area contributed by atoms with Crippen molar-refractivity contribution >= 4 is 6.09 Å². The van der Waals surface area contributed by atoms with Gasteiger partial charge in [0.15, 0.2) is 0 Å². The summed E-state index contributed by atoms with van der Waals surface area (Å²) in [6.45, 7) is 1.64. The number of nitriles is 1. The Morgan fingerprint density at radius 1 is 1.44 bits per heavy atom. The second-order valence-corrected chi connectivity index (χ2v) is 4.50. The van der Waals surface area contributed by atoms with Crippen LogP contribution < -0.4 is 0 Å². The van der Waals surface area contributed by atoms with Crippen LogP contribution >= 0.6 is 0 Å². The molecule has 1 aliphatic rings. The lowest BCUT2D eigenvalue weighted by Gasteiger charge is -2.15. The second-order valence-electron chi connectivity index (χ2n) is 4.50. The van der Waals surface area contributed by atoms with Crippen LogP contribution in [-0.4, -0.2) is 24.1 Å². The van der Waals surface area contributed by atoms with Crippen molar-refractivity contribution in [2.75, 3.05) is 13.1 Å². The summed E-state index contributed by atoms with van der Waals surface area (Å²) in [5.41, 5.74) is 0.985. The number of benzene rings is 1. The van der Waals surface area contributed by atoms with Gasteiger partial charge in [-0.15, -0.1) is 0 Å². The predicted octanol–water partition coefficient (Wildman–Crippen LogP) is 2.56. The van der Waals surface area contributed by atoms with Crippen molar-refractivity contribution in [3.63, 3.8) is 0 Å². The van der Waals surface area contributed by atoms with Crippen molar-refractivity contribution < 1.29 is 9.53 Å². The Hall–Kier alpha value is -2.02. The van der Waals surface area contributed by atoms with E-state index in [2.05, 4.69) is 6.07 Å². The van der Waals surface area contributed by atoms with Crippen LogP contribution in [0.5, 0.6) is 0 Å². The Morgan fingerprint density at radius 3 is 2.94 bits per heavy atom. The summed E-state index contributed by atoms with van der Waals surface area (Å²) in [4.78, 5) is 13.5. The van der Waals surface area contributed by atoms with Gasteiger partial charge in [-0.1, -0.05) is 30.3 Å². The van der Waals surface area contributed by atoms with Crippen molar-refractivity contribution in [3.05, 3.63) is 35.9 Å². The number of hydrogen-bond donors (Lipinski definition) is 0. The third-order valence-corrected chi connectivity index (χ3v) is 3.13. The quantitative estimate of drug-likeness (QED) is 0.821. The van der Waals surface area contributed by atoms with Gasteiger partial charge in [-0.3, -0.25) is 0 Å². The van der Waals surface area contributed by atoms with Gasteiger partial charge in [-0.05, 0) is 17.9 Å². The Labute approximate surface area is 107 Å². The number of rotatable bonds is 3. The molecule has 0 radical (unpaired) electrons. The third kappa shape index (κ3) is 3.24. The molecule has 0 spiro atoms. The van der Waals surface area contributed by atoms with E-state index < -0.39 is 0 Å². The number of hydrogen-bond acceptors (Lipinski definition) is 3. The molecule has 0 bridgehead atoms. The largest absolute Gasteiger partial charge is 0.445 e. The molecule has 1 atom stereocenters. The zero-order valence-corrected chi connectivity index (χ0v) is 10.2. The van der Waals surface area contributed by atoms with E-state index in [0.717, 1.165) is 12.0 Å². The fraction of sp³-hybridized carbons (Fsp3) is 0.429. The zero-order valence-electron chi connectivity index (χ0n) is 10.2. The predicted molar refractivity (Wildman–Crippen MR) is 66.5 cm³/mol. The van der Waals surface area contributed by atoms with Crippen LogP contribution in [0.4, 0.5) is 4.79 Å². The lowest BCUT2D eigenvalue weighted by Crippen LogP contribution is -2.29. The zero-order chi connectivity index (χ0) is 12.8. The topological polar surface area (TPSA) is 53.3 Å². The second kappa shape index (κ2) is 6.06. The van der Waals surface area contributed by atoms with Gasteiger partial charge in [0.2, 0.25) is 0 Å². The minimum atomic E-state index is -0.278. The molecule has 0 saturated carbocycles. The van der Waals surface area contributed by atoms with Crippen LogP contribution in [0.1, 0.15) is 18.4 Å². The first-order chi connectivity index (χ1) is 8.79. The molecule has 1 amide bonds. The van der Waals surface area contributed by atoms with Gasteiger partial charge >= 0.3 is 6.09 Å².